The smallest absolute Gasteiger partial charge is 0.105 e. The molecule has 0 saturated heterocycles. The minimum absolute atomic E-state index is 0. The Bertz CT molecular complexity index is 632. The normalized spacial score (nSPS) is 12.3. The van der Waals surface area contributed by atoms with Crippen LogP contribution in [0.1, 0.15) is 134 Å². The number of nitrogens with one attached hydrogen (secondary N) is 1. The third-order valence-corrected chi connectivity index (χ3v) is 7.62. The summed E-state index contributed by atoms with van der Waals surface area (Å²) in [7, 11) is 4.77. The van der Waals surface area contributed by atoms with Crippen molar-refractivity contribution < 1.29 is 26.6 Å². The zero-order chi connectivity index (χ0) is 26.3. The average molecular weight is 582 g/mol. The Morgan fingerprint density at radius 1 is 0.730 bits per heavy atom. The van der Waals surface area contributed by atoms with Crippen LogP contribution in [0.15, 0.2) is 30.8 Å². The molecule has 4 heteroatoms. The Hall–Kier alpha value is -0.680. The van der Waals surface area contributed by atoms with Crippen LogP contribution >= 0.6 is 0 Å². The van der Waals surface area contributed by atoms with E-state index in [2.05, 4.69) is 57.2 Å². The van der Waals surface area contributed by atoms with Crippen LogP contribution in [0.4, 0.5) is 0 Å². The Morgan fingerprint density at radius 3 is 1.62 bits per heavy atom. The van der Waals surface area contributed by atoms with Gasteiger partial charge >= 0.3 is 0 Å². The molecule has 1 aromatic carbocycles. The minimum atomic E-state index is -0.415. The molecule has 0 heterocycles. The van der Waals surface area contributed by atoms with E-state index in [1.165, 1.54) is 121 Å². The lowest BCUT2D eigenvalue weighted by atomic mass is 10.0. The quantitative estimate of drug-likeness (QED) is 0.0862. The standard InChI is InChI=1S/C33H61N2O.BrH/c1-5-7-8-9-10-11-12-13-14-15-16-17-18-21-28-35(3,4)29-22-19-20-23-33(36)34-30-32-26-24-31(6-2)25-27-32;/h6,24-27,33-34,36H,2,5,7-23,28-30H2,1,3-4H3;1H/q+1;/p-1. The summed E-state index contributed by atoms with van der Waals surface area (Å²) in [5, 5.41) is 13.5. The number of unbranched alkanes of at least 4 members (excludes halogenated alkanes) is 15. The lowest BCUT2D eigenvalue weighted by Crippen LogP contribution is -3.00. The van der Waals surface area contributed by atoms with Crippen LogP contribution in [0.3, 0.4) is 0 Å². The summed E-state index contributed by atoms with van der Waals surface area (Å²) in [5.74, 6) is 0. The van der Waals surface area contributed by atoms with Crippen LogP contribution in [0.5, 0.6) is 0 Å². The molecule has 0 aliphatic carbocycles. The van der Waals surface area contributed by atoms with Crippen molar-refractivity contribution in [1.29, 1.82) is 0 Å². The number of hydrogen-bond donors (Lipinski definition) is 2. The second-order valence-corrected chi connectivity index (χ2v) is 11.7. The van der Waals surface area contributed by atoms with E-state index in [1.54, 1.807) is 0 Å². The molecule has 0 fully saturated rings. The van der Waals surface area contributed by atoms with Gasteiger partial charge in [0.2, 0.25) is 0 Å². The van der Waals surface area contributed by atoms with Crippen LogP contribution in [0.2, 0.25) is 0 Å². The van der Waals surface area contributed by atoms with Crippen molar-refractivity contribution in [3.63, 3.8) is 0 Å². The van der Waals surface area contributed by atoms with Gasteiger partial charge in [-0.2, -0.15) is 0 Å². The van der Waals surface area contributed by atoms with Gasteiger partial charge in [0, 0.05) is 6.54 Å². The third kappa shape index (κ3) is 21.9. The van der Waals surface area contributed by atoms with Crippen LogP contribution in [0.25, 0.3) is 6.08 Å². The molecule has 0 saturated carbocycles. The number of rotatable bonds is 25. The molecule has 0 bridgehead atoms. The van der Waals surface area contributed by atoms with Gasteiger partial charge in [-0.05, 0) is 49.7 Å². The number of aliphatic hydroxyl groups is 1. The molecule has 2 N–H and O–H groups in total. The van der Waals surface area contributed by atoms with Gasteiger partial charge in [0.1, 0.15) is 6.23 Å². The summed E-state index contributed by atoms with van der Waals surface area (Å²) in [5.41, 5.74) is 2.33. The Balaban J connectivity index is 0.0000130. The van der Waals surface area contributed by atoms with E-state index in [0.29, 0.717) is 6.54 Å². The van der Waals surface area contributed by atoms with Gasteiger partial charge in [-0.15, -0.1) is 0 Å². The Labute approximate surface area is 241 Å². The first-order chi connectivity index (χ1) is 17.5. The van der Waals surface area contributed by atoms with Crippen molar-refractivity contribution in [1.82, 2.24) is 5.32 Å². The van der Waals surface area contributed by atoms with Crippen molar-refractivity contribution in [2.24, 2.45) is 0 Å². The van der Waals surface area contributed by atoms with Gasteiger partial charge in [-0.25, -0.2) is 0 Å². The molecule has 0 aromatic heterocycles. The predicted molar refractivity (Wildman–Crippen MR) is 160 cm³/mol. The summed E-state index contributed by atoms with van der Waals surface area (Å²) in [6.45, 7) is 9.34. The summed E-state index contributed by atoms with van der Waals surface area (Å²) >= 11 is 0. The summed E-state index contributed by atoms with van der Waals surface area (Å²) in [6.07, 6.45) is 25.8. The molecule has 216 valence electrons. The van der Waals surface area contributed by atoms with E-state index in [-0.39, 0.29) is 17.0 Å². The van der Waals surface area contributed by atoms with Crippen molar-refractivity contribution >= 4 is 6.08 Å². The van der Waals surface area contributed by atoms with E-state index in [1.807, 2.05) is 6.08 Å². The van der Waals surface area contributed by atoms with Gasteiger partial charge in [0.15, 0.2) is 0 Å². The SMILES string of the molecule is C=Cc1ccc(CNC(O)CCCCC[N+](C)(C)CCCCCCCCCCCCCCCC)cc1.[Br-]. The van der Waals surface area contributed by atoms with Gasteiger partial charge in [0.25, 0.3) is 0 Å². The molecule has 0 spiro atoms. The number of benzene rings is 1. The van der Waals surface area contributed by atoms with E-state index in [4.69, 9.17) is 0 Å². The summed E-state index contributed by atoms with van der Waals surface area (Å²) in [4.78, 5) is 0. The first-order valence-corrected chi connectivity index (χ1v) is 15.4. The summed E-state index contributed by atoms with van der Waals surface area (Å²) in [6, 6.07) is 8.31. The van der Waals surface area contributed by atoms with Crippen LogP contribution in [-0.4, -0.2) is 43.0 Å². The molecule has 3 nitrogen and oxygen atoms in total. The maximum absolute atomic E-state index is 10.2. The van der Waals surface area contributed by atoms with Crippen LogP contribution in [0, 0.1) is 0 Å². The van der Waals surface area contributed by atoms with Gasteiger partial charge in [-0.1, -0.05) is 121 Å². The van der Waals surface area contributed by atoms with Gasteiger partial charge in [0.05, 0.1) is 27.2 Å². The van der Waals surface area contributed by atoms with Crippen molar-refractivity contribution in [2.45, 2.75) is 135 Å². The monoisotopic (exact) mass is 580 g/mol. The van der Waals surface area contributed by atoms with E-state index >= 15 is 0 Å². The molecule has 1 atom stereocenters. The molecular weight excluding hydrogens is 520 g/mol. The topological polar surface area (TPSA) is 32.3 Å². The second kappa shape index (κ2) is 24.4. The van der Waals surface area contributed by atoms with Crippen molar-refractivity contribution in [2.75, 3.05) is 27.2 Å². The largest absolute Gasteiger partial charge is 1.00 e. The molecule has 0 aliphatic heterocycles. The third-order valence-electron chi connectivity index (χ3n) is 7.62. The average Bonchev–Trinajstić information content (AvgIpc) is 2.87. The fourth-order valence-electron chi connectivity index (χ4n) is 5.01. The minimum Gasteiger partial charge on any atom is -1.00 e. The van der Waals surface area contributed by atoms with E-state index in [0.717, 1.165) is 22.9 Å². The Kier molecular flexibility index (Phi) is 23.9. The number of hydrogen-bond acceptors (Lipinski definition) is 2. The van der Waals surface area contributed by atoms with Gasteiger partial charge < -0.3 is 26.6 Å². The molecule has 1 aromatic rings. The van der Waals surface area contributed by atoms with E-state index in [9.17, 15) is 5.11 Å². The molecule has 0 aliphatic rings. The maximum Gasteiger partial charge on any atom is 0.105 e. The zero-order valence-corrected chi connectivity index (χ0v) is 26.4. The van der Waals surface area contributed by atoms with E-state index < -0.39 is 6.23 Å². The fourth-order valence-corrected chi connectivity index (χ4v) is 5.01. The number of nitrogens with zero attached hydrogens (tertiary/aromatic N) is 1. The van der Waals surface area contributed by atoms with Crippen LogP contribution < -0.4 is 22.3 Å². The maximum atomic E-state index is 10.2. The zero-order valence-electron chi connectivity index (χ0n) is 24.8. The van der Waals surface area contributed by atoms with Crippen LogP contribution in [-0.2, 0) is 6.54 Å². The first-order valence-electron chi connectivity index (χ1n) is 15.4. The highest BCUT2D eigenvalue weighted by Gasteiger charge is 2.14. The number of quaternary nitrogens is 1. The predicted octanol–water partition coefficient (Wildman–Crippen LogP) is 5.86. The summed E-state index contributed by atoms with van der Waals surface area (Å²) < 4.78 is 1.14. The lowest BCUT2D eigenvalue weighted by molar-refractivity contribution is -0.890. The highest BCUT2D eigenvalue weighted by molar-refractivity contribution is 5.47. The molecule has 37 heavy (non-hydrogen) atoms. The Morgan fingerprint density at radius 2 is 1.16 bits per heavy atom. The first kappa shape index (κ1) is 36.3. The van der Waals surface area contributed by atoms with Crippen molar-refractivity contribution in [3.8, 4) is 0 Å². The molecule has 1 unspecified atom stereocenters. The molecule has 0 amide bonds. The number of halogens is 1. The van der Waals surface area contributed by atoms with Crippen molar-refractivity contribution in [3.05, 3.63) is 42.0 Å². The molecule has 0 radical (unpaired) electrons. The molecular formula is C33H61BrN2O. The highest BCUT2D eigenvalue weighted by atomic mass is 79.9. The highest BCUT2D eigenvalue weighted by Crippen LogP contribution is 2.14. The number of aliphatic hydroxyl groups excluding tert-OH is 1. The lowest BCUT2D eigenvalue weighted by Gasteiger charge is -2.30. The second-order valence-electron chi connectivity index (χ2n) is 11.7. The fraction of sp³-hybridized carbons (Fsp3) is 0.758. The van der Waals surface area contributed by atoms with Gasteiger partial charge in [-0.3, -0.25) is 5.32 Å². The molecule has 1 rings (SSSR count).